The van der Waals surface area contributed by atoms with Crippen LogP contribution >= 0.6 is 0 Å². The first-order valence-electron chi connectivity index (χ1n) is 7.56. The third-order valence-corrected chi connectivity index (χ3v) is 3.20. The molecule has 0 aliphatic heterocycles. The fourth-order valence-electron chi connectivity index (χ4n) is 2.02. The summed E-state index contributed by atoms with van der Waals surface area (Å²) in [6.45, 7) is 3.68. The highest BCUT2D eigenvalue weighted by molar-refractivity contribution is 5.68. The van der Waals surface area contributed by atoms with E-state index in [0.717, 1.165) is 12.8 Å². The van der Waals surface area contributed by atoms with Crippen LogP contribution in [0, 0.1) is 17.6 Å². The molecule has 0 aliphatic rings. The van der Waals surface area contributed by atoms with Gasteiger partial charge in [0.2, 0.25) is 11.6 Å². The maximum atomic E-state index is 14.4. The van der Waals surface area contributed by atoms with Gasteiger partial charge in [-0.05, 0) is 12.8 Å². The second-order valence-corrected chi connectivity index (χ2v) is 5.06. The number of hydrogen-bond donors (Lipinski definition) is 1. The van der Waals surface area contributed by atoms with Gasteiger partial charge in [0.25, 0.3) is 11.8 Å². The van der Waals surface area contributed by atoms with Gasteiger partial charge in [0.1, 0.15) is 5.69 Å². The summed E-state index contributed by atoms with van der Waals surface area (Å²) in [4.78, 5) is 14.9. The Morgan fingerprint density at radius 3 is 2.17 bits per heavy atom. The lowest BCUT2D eigenvalue weighted by molar-refractivity contribution is -0.139. The van der Waals surface area contributed by atoms with Crippen LogP contribution in [0.1, 0.15) is 39.5 Å². The maximum Gasteiger partial charge on any atom is 0.341 e. The quantitative estimate of drug-likeness (QED) is 0.665. The topological polar surface area (TPSA) is 62.7 Å². The lowest BCUT2D eigenvalue weighted by Crippen LogP contribution is -2.28. The van der Waals surface area contributed by atoms with Gasteiger partial charge in [0.05, 0.1) is 0 Å². The SMILES string of the molecule is CCCCN(CCCC)c1c(F)c(F)nc(OCC(=O)O)c1F. The van der Waals surface area contributed by atoms with Crippen LogP contribution < -0.4 is 9.64 Å². The highest BCUT2D eigenvalue weighted by atomic mass is 19.2. The Morgan fingerprint density at radius 2 is 1.70 bits per heavy atom. The van der Waals surface area contributed by atoms with Crippen LogP contribution in [0.4, 0.5) is 18.9 Å². The molecule has 0 radical (unpaired) electrons. The first-order chi connectivity index (χ1) is 10.9. The van der Waals surface area contributed by atoms with Crippen molar-refractivity contribution in [3.8, 4) is 5.88 Å². The molecule has 0 unspecified atom stereocenters. The van der Waals surface area contributed by atoms with Crippen LogP contribution in [0.2, 0.25) is 0 Å². The highest BCUT2D eigenvalue weighted by Crippen LogP contribution is 2.31. The zero-order chi connectivity index (χ0) is 17.4. The zero-order valence-corrected chi connectivity index (χ0v) is 13.2. The van der Waals surface area contributed by atoms with E-state index < -0.39 is 41.7 Å². The number of aliphatic carboxylic acids is 1. The molecule has 1 rings (SSSR count). The maximum absolute atomic E-state index is 14.4. The van der Waals surface area contributed by atoms with Crippen molar-refractivity contribution in [1.29, 1.82) is 0 Å². The van der Waals surface area contributed by atoms with E-state index in [9.17, 15) is 18.0 Å². The van der Waals surface area contributed by atoms with Crippen molar-refractivity contribution in [2.45, 2.75) is 39.5 Å². The summed E-state index contributed by atoms with van der Waals surface area (Å²) in [6.07, 6.45) is 2.97. The average Bonchev–Trinajstić information content (AvgIpc) is 2.51. The second kappa shape index (κ2) is 9.22. The number of anilines is 1. The summed E-state index contributed by atoms with van der Waals surface area (Å²) in [5.74, 6) is -6.31. The molecule has 1 heterocycles. The van der Waals surface area contributed by atoms with Gasteiger partial charge in [-0.3, -0.25) is 0 Å². The summed E-state index contributed by atoms with van der Waals surface area (Å²) in [6, 6.07) is 0. The number of pyridine rings is 1. The van der Waals surface area contributed by atoms with Crippen LogP contribution in [0.15, 0.2) is 0 Å². The predicted octanol–water partition coefficient (Wildman–Crippen LogP) is 3.37. The minimum Gasteiger partial charge on any atom is -0.479 e. The molecule has 0 fully saturated rings. The fourth-order valence-corrected chi connectivity index (χ4v) is 2.02. The molecule has 130 valence electrons. The number of carbonyl (C=O) groups is 1. The highest BCUT2D eigenvalue weighted by Gasteiger charge is 2.26. The van der Waals surface area contributed by atoms with E-state index in [0.29, 0.717) is 25.9 Å². The lowest BCUT2D eigenvalue weighted by atomic mass is 10.2. The number of halogens is 3. The van der Waals surface area contributed by atoms with Crippen LogP contribution in [-0.2, 0) is 4.79 Å². The Balaban J connectivity index is 3.19. The third-order valence-electron chi connectivity index (χ3n) is 3.20. The van der Waals surface area contributed by atoms with E-state index >= 15 is 0 Å². The Kier molecular flexibility index (Phi) is 7.64. The van der Waals surface area contributed by atoms with Crippen molar-refractivity contribution in [2.24, 2.45) is 0 Å². The summed E-state index contributed by atoms with van der Waals surface area (Å²) < 4.78 is 46.8. The van der Waals surface area contributed by atoms with Crippen LogP contribution in [0.25, 0.3) is 0 Å². The standard InChI is InChI=1S/C15H21F3N2O3/c1-3-5-7-20(8-6-4-2)13-11(16)14(18)19-15(12(13)17)23-9-10(21)22/h3-9H2,1-2H3,(H,21,22). The molecule has 23 heavy (non-hydrogen) atoms. The van der Waals surface area contributed by atoms with Crippen molar-refractivity contribution < 1.29 is 27.8 Å². The fraction of sp³-hybridized carbons (Fsp3) is 0.600. The lowest BCUT2D eigenvalue weighted by Gasteiger charge is -2.26. The van der Waals surface area contributed by atoms with Crippen LogP contribution in [0.3, 0.4) is 0 Å². The zero-order valence-electron chi connectivity index (χ0n) is 13.2. The van der Waals surface area contributed by atoms with E-state index in [-0.39, 0.29) is 0 Å². The molecule has 0 atom stereocenters. The van der Waals surface area contributed by atoms with Crippen molar-refractivity contribution in [1.82, 2.24) is 4.98 Å². The molecule has 0 spiro atoms. The Morgan fingerprint density at radius 1 is 1.13 bits per heavy atom. The van der Waals surface area contributed by atoms with Gasteiger partial charge < -0.3 is 14.7 Å². The van der Waals surface area contributed by atoms with Crippen molar-refractivity contribution in [3.05, 3.63) is 17.6 Å². The first-order valence-corrected chi connectivity index (χ1v) is 7.56. The van der Waals surface area contributed by atoms with Gasteiger partial charge in [0.15, 0.2) is 6.61 Å². The molecule has 1 aromatic rings. The average molecular weight is 334 g/mol. The van der Waals surface area contributed by atoms with E-state index in [1.165, 1.54) is 4.90 Å². The number of carboxylic acid groups (broad SMARTS) is 1. The predicted molar refractivity (Wildman–Crippen MR) is 79.3 cm³/mol. The molecule has 0 aromatic carbocycles. The summed E-state index contributed by atoms with van der Waals surface area (Å²) in [5.41, 5.74) is -0.556. The van der Waals surface area contributed by atoms with E-state index in [4.69, 9.17) is 5.11 Å². The van der Waals surface area contributed by atoms with E-state index in [1.807, 2.05) is 13.8 Å². The summed E-state index contributed by atoms with van der Waals surface area (Å²) >= 11 is 0. The molecule has 0 aliphatic carbocycles. The molecule has 0 bridgehead atoms. The second-order valence-electron chi connectivity index (χ2n) is 5.06. The van der Waals surface area contributed by atoms with Crippen molar-refractivity contribution in [3.63, 3.8) is 0 Å². The number of ether oxygens (including phenoxy) is 1. The Bertz CT molecular complexity index is 533. The number of unbranched alkanes of at least 4 members (excludes halogenated alkanes) is 2. The van der Waals surface area contributed by atoms with Gasteiger partial charge in [-0.2, -0.15) is 18.2 Å². The molecule has 1 aromatic heterocycles. The largest absolute Gasteiger partial charge is 0.479 e. The molecule has 5 nitrogen and oxygen atoms in total. The van der Waals surface area contributed by atoms with E-state index in [1.54, 1.807) is 0 Å². The first kappa shape index (κ1) is 19.1. The Hall–Kier alpha value is -1.99. The normalized spacial score (nSPS) is 10.7. The minimum absolute atomic E-state index is 0.353. The van der Waals surface area contributed by atoms with Crippen molar-refractivity contribution >= 4 is 11.7 Å². The molecule has 0 saturated heterocycles. The Labute approximate surface area is 133 Å². The van der Waals surface area contributed by atoms with Gasteiger partial charge in [-0.1, -0.05) is 26.7 Å². The molecule has 0 amide bonds. The number of carboxylic acids is 1. The molecule has 1 N–H and O–H groups in total. The van der Waals surface area contributed by atoms with Crippen LogP contribution in [-0.4, -0.2) is 35.8 Å². The number of nitrogens with zero attached hydrogens (tertiary/aromatic N) is 2. The minimum atomic E-state index is -1.51. The van der Waals surface area contributed by atoms with Gasteiger partial charge in [-0.25, -0.2) is 4.79 Å². The molecular formula is C15H21F3N2O3. The van der Waals surface area contributed by atoms with Gasteiger partial charge in [0, 0.05) is 13.1 Å². The molecular weight excluding hydrogens is 313 g/mol. The van der Waals surface area contributed by atoms with Gasteiger partial charge >= 0.3 is 5.97 Å². The third kappa shape index (κ3) is 5.30. The monoisotopic (exact) mass is 334 g/mol. The number of aromatic nitrogens is 1. The van der Waals surface area contributed by atoms with Crippen molar-refractivity contribution in [2.75, 3.05) is 24.6 Å². The van der Waals surface area contributed by atoms with E-state index in [2.05, 4.69) is 9.72 Å². The smallest absolute Gasteiger partial charge is 0.341 e. The molecule has 0 saturated carbocycles. The number of rotatable bonds is 10. The van der Waals surface area contributed by atoms with Gasteiger partial charge in [-0.15, -0.1) is 0 Å². The summed E-state index contributed by atoms with van der Waals surface area (Å²) in [5, 5.41) is 8.55. The molecule has 8 heteroatoms. The summed E-state index contributed by atoms with van der Waals surface area (Å²) in [7, 11) is 0. The number of hydrogen-bond acceptors (Lipinski definition) is 4. The van der Waals surface area contributed by atoms with Crippen LogP contribution in [0.5, 0.6) is 5.88 Å².